The number of fused-ring (bicyclic) bond motifs is 1. The van der Waals surface area contributed by atoms with E-state index in [4.69, 9.17) is 27.9 Å². The number of aromatic amines is 1. The standard InChI is InChI=1S/C16H11Cl2NO2/c1-21-11-3-5-13-10(6-11)7-14(19-13)15-9(8-20)2-4-12(17)16(15)18/h2-8,19H,1H3. The van der Waals surface area contributed by atoms with E-state index in [1.165, 1.54) is 0 Å². The summed E-state index contributed by atoms with van der Waals surface area (Å²) < 4.78 is 5.21. The van der Waals surface area contributed by atoms with Gasteiger partial charge in [0.15, 0.2) is 6.29 Å². The second-order valence-electron chi connectivity index (χ2n) is 4.58. The number of methoxy groups -OCH3 is 1. The van der Waals surface area contributed by atoms with Gasteiger partial charge in [-0.3, -0.25) is 4.79 Å². The van der Waals surface area contributed by atoms with E-state index in [0.717, 1.165) is 28.6 Å². The van der Waals surface area contributed by atoms with Crippen molar-refractivity contribution in [2.45, 2.75) is 0 Å². The Kier molecular flexibility index (Phi) is 3.62. The molecule has 0 aliphatic carbocycles. The molecule has 0 amide bonds. The molecule has 106 valence electrons. The average Bonchev–Trinajstić information content (AvgIpc) is 2.91. The summed E-state index contributed by atoms with van der Waals surface area (Å²) in [5, 5.41) is 1.74. The number of nitrogens with one attached hydrogen (secondary N) is 1. The van der Waals surface area contributed by atoms with E-state index in [1.807, 2.05) is 24.3 Å². The summed E-state index contributed by atoms with van der Waals surface area (Å²) in [6.07, 6.45) is 0.767. The molecular formula is C16H11Cl2NO2. The van der Waals surface area contributed by atoms with Crippen LogP contribution in [0.3, 0.4) is 0 Å². The first-order valence-electron chi connectivity index (χ1n) is 6.24. The third-order valence-electron chi connectivity index (χ3n) is 3.35. The Bertz CT molecular complexity index is 840. The van der Waals surface area contributed by atoms with Crippen LogP contribution in [0.4, 0.5) is 0 Å². The quantitative estimate of drug-likeness (QED) is 0.693. The lowest BCUT2D eigenvalue weighted by molar-refractivity contribution is 0.112. The molecule has 0 fully saturated rings. The van der Waals surface area contributed by atoms with Crippen LogP contribution >= 0.6 is 23.2 Å². The number of carbonyl (C=O) groups excluding carboxylic acids is 1. The van der Waals surface area contributed by atoms with Crippen molar-refractivity contribution in [3.63, 3.8) is 0 Å². The van der Waals surface area contributed by atoms with Crippen molar-refractivity contribution in [3.05, 3.63) is 52.0 Å². The summed E-state index contributed by atoms with van der Waals surface area (Å²) in [6, 6.07) is 10.9. The number of aldehydes is 1. The monoisotopic (exact) mass is 319 g/mol. The largest absolute Gasteiger partial charge is 0.497 e. The minimum absolute atomic E-state index is 0.361. The number of hydrogen-bond donors (Lipinski definition) is 1. The molecule has 3 rings (SSSR count). The number of benzene rings is 2. The molecule has 0 saturated heterocycles. The van der Waals surface area contributed by atoms with Gasteiger partial charge in [-0.05, 0) is 36.4 Å². The lowest BCUT2D eigenvalue weighted by atomic mass is 10.1. The van der Waals surface area contributed by atoms with Crippen LogP contribution in [-0.2, 0) is 0 Å². The van der Waals surface area contributed by atoms with Crippen molar-refractivity contribution in [2.75, 3.05) is 7.11 Å². The van der Waals surface area contributed by atoms with E-state index in [0.29, 0.717) is 21.2 Å². The predicted molar refractivity (Wildman–Crippen MR) is 85.7 cm³/mol. The number of aromatic nitrogens is 1. The molecule has 0 spiro atoms. The molecule has 0 unspecified atom stereocenters. The molecule has 0 radical (unpaired) electrons. The van der Waals surface area contributed by atoms with Crippen LogP contribution in [0.25, 0.3) is 22.2 Å². The van der Waals surface area contributed by atoms with Gasteiger partial charge in [0.25, 0.3) is 0 Å². The molecule has 2 aromatic carbocycles. The predicted octanol–water partition coefficient (Wildman–Crippen LogP) is 4.96. The third-order valence-corrected chi connectivity index (χ3v) is 4.16. The fraction of sp³-hybridized carbons (Fsp3) is 0.0625. The first-order valence-corrected chi connectivity index (χ1v) is 7.00. The smallest absolute Gasteiger partial charge is 0.150 e. The summed E-state index contributed by atoms with van der Waals surface area (Å²) in [7, 11) is 1.62. The van der Waals surface area contributed by atoms with Crippen molar-refractivity contribution in [2.24, 2.45) is 0 Å². The molecule has 3 nitrogen and oxygen atoms in total. The second kappa shape index (κ2) is 5.43. The molecule has 5 heteroatoms. The van der Waals surface area contributed by atoms with Crippen LogP contribution in [0.15, 0.2) is 36.4 Å². The van der Waals surface area contributed by atoms with Gasteiger partial charge in [0.2, 0.25) is 0 Å². The topological polar surface area (TPSA) is 42.1 Å². The van der Waals surface area contributed by atoms with Gasteiger partial charge in [0.05, 0.1) is 17.2 Å². The number of rotatable bonds is 3. The Morgan fingerprint density at radius 2 is 1.95 bits per heavy atom. The molecule has 0 aliphatic rings. The number of hydrogen-bond acceptors (Lipinski definition) is 2. The molecule has 21 heavy (non-hydrogen) atoms. The zero-order chi connectivity index (χ0) is 15.0. The molecule has 1 aromatic heterocycles. The minimum atomic E-state index is 0.361. The zero-order valence-electron chi connectivity index (χ0n) is 11.1. The highest BCUT2D eigenvalue weighted by atomic mass is 35.5. The maximum absolute atomic E-state index is 11.2. The Labute approximate surface area is 131 Å². The fourth-order valence-corrected chi connectivity index (χ4v) is 2.74. The number of ether oxygens (including phenoxy) is 1. The van der Waals surface area contributed by atoms with Gasteiger partial charge < -0.3 is 9.72 Å². The van der Waals surface area contributed by atoms with Crippen molar-refractivity contribution in [3.8, 4) is 17.0 Å². The van der Waals surface area contributed by atoms with Gasteiger partial charge in [0, 0.05) is 27.7 Å². The summed E-state index contributed by atoms with van der Waals surface area (Å²) in [5.41, 5.74) is 2.77. The molecule has 1 heterocycles. The second-order valence-corrected chi connectivity index (χ2v) is 5.36. The Morgan fingerprint density at radius 3 is 2.67 bits per heavy atom. The van der Waals surface area contributed by atoms with Crippen LogP contribution < -0.4 is 4.74 Å². The lowest BCUT2D eigenvalue weighted by Crippen LogP contribution is -1.89. The maximum Gasteiger partial charge on any atom is 0.150 e. The summed E-state index contributed by atoms with van der Waals surface area (Å²) >= 11 is 12.3. The molecular weight excluding hydrogens is 309 g/mol. The van der Waals surface area contributed by atoms with Crippen molar-refractivity contribution < 1.29 is 9.53 Å². The van der Waals surface area contributed by atoms with E-state index >= 15 is 0 Å². The van der Waals surface area contributed by atoms with Crippen LogP contribution in [0.5, 0.6) is 5.75 Å². The average molecular weight is 320 g/mol. The van der Waals surface area contributed by atoms with E-state index in [2.05, 4.69) is 4.98 Å². The van der Waals surface area contributed by atoms with Crippen LogP contribution in [0.1, 0.15) is 10.4 Å². The van der Waals surface area contributed by atoms with Gasteiger partial charge in [-0.1, -0.05) is 23.2 Å². The van der Waals surface area contributed by atoms with Crippen LogP contribution in [0.2, 0.25) is 10.0 Å². The van der Waals surface area contributed by atoms with Gasteiger partial charge in [-0.25, -0.2) is 0 Å². The van der Waals surface area contributed by atoms with Crippen LogP contribution in [0, 0.1) is 0 Å². The summed E-state index contributed by atoms with van der Waals surface area (Å²) in [5.74, 6) is 0.765. The fourth-order valence-electron chi connectivity index (χ4n) is 2.31. The van der Waals surface area contributed by atoms with E-state index in [-0.39, 0.29) is 0 Å². The highest BCUT2D eigenvalue weighted by Crippen LogP contribution is 2.37. The van der Waals surface area contributed by atoms with Crippen molar-refractivity contribution in [1.29, 1.82) is 0 Å². The number of carbonyl (C=O) groups is 1. The molecule has 0 aliphatic heterocycles. The van der Waals surface area contributed by atoms with Crippen LogP contribution in [-0.4, -0.2) is 18.4 Å². The van der Waals surface area contributed by atoms with Crippen molar-refractivity contribution >= 4 is 40.4 Å². The molecule has 3 aromatic rings. The first kappa shape index (κ1) is 14.0. The number of halogens is 2. The zero-order valence-corrected chi connectivity index (χ0v) is 12.6. The van der Waals surface area contributed by atoms with Gasteiger partial charge in [-0.15, -0.1) is 0 Å². The Balaban J connectivity index is 2.25. The molecule has 0 atom stereocenters. The van der Waals surface area contributed by atoms with E-state index in [1.54, 1.807) is 19.2 Å². The Morgan fingerprint density at radius 1 is 1.14 bits per heavy atom. The first-order chi connectivity index (χ1) is 10.1. The van der Waals surface area contributed by atoms with Gasteiger partial charge in [0.1, 0.15) is 5.75 Å². The highest BCUT2D eigenvalue weighted by molar-refractivity contribution is 6.44. The summed E-state index contributed by atoms with van der Waals surface area (Å²) in [4.78, 5) is 14.5. The number of H-pyrrole nitrogens is 1. The normalized spacial score (nSPS) is 10.8. The van der Waals surface area contributed by atoms with E-state index < -0.39 is 0 Å². The maximum atomic E-state index is 11.2. The Hall–Kier alpha value is -1.97. The molecule has 0 bridgehead atoms. The minimum Gasteiger partial charge on any atom is -0.497 e. The highest BCUT2D eigenvalue weighted by Gasteiger charge is 2.15. The molecule has 1 N–H and O–H groups in total. The molecule has 0 saturated carbocycles. The van der Waals surface area contributed by atoms with Gasteiger partial charge >= 0.3 is 0 Å². The lowest BCUT2D eigenvalue weighted by Gasteiger charge is -2.06. The SMILES string of the molecule is COc1ccc2[nH]c(-c3c(C=O)ccc(Cl)c3Cl)cc2c1. The third kappa shape index (κ3) is 2.39. The summed E-state index contributed by atoms with van der Waals surface area (Å²) in [6.45, 7) is 0. The van der Waals surface area contributed by atoms with E-state index in [9.17, 15) is 4.79 Å². The van der Waals surface area contributed by atoms with Crippen molar-refractivity contribution in [1.82, 2.24) is 4.98 Å². The van der Waals surface area contributed by atoms with Gasteiger partial charge in [-0.2, -0.15) is 0 Å².